The van der Waals surface area contributed by atoms with Crippen molar-refractivity contribution in [3.05, 3.63) is 33.3 Å². The third-order valence-electron chi connectivity index (χ3n) is 3.68. The van der Waals surface area contributed by atoms with Crippen LogP contribution in [0.2, 0.25) is 5.02 Å². The number of nitro benzene ring substituents is 1. The number of hydrogen-bond acceptors (Lipinski definition) is 3. The van der Waals surface area contributed by atoms with Gasteiger partial charge in [-0.2, -0.15) is 0 Å². The van der Waals surface area contributed by atoms with E-state index in [0.29, 0.717) is 17.8 Å². The molecule has 0 bridgehead atoms. The van der Waals surface area contributed by atoms with Crippen molar-refractivity contribution in [2.45, 2.75) is 45.2 Å². The molecule has 0 spiro atoms. The van der Waals surface area contributed by atoms with Gasteiger partial charge in [0.25, 0.3) is 0 Å². The van der Waals surface area contributed by atoms with Gasteiger partial charge in [0.1, 0.15) is 10.7 Å². The minimum absolute atomic E-state index is 0.0337. The van der Waals surface area contributed by atoms with Crippen molar-refractivity contribution < 1.29 is 4.92 Å². The van der Waals surface area contributed by atoms with Crippen molar-refractivity contribution in [1.82, 2.24) is 0 Å². The molecular formula is C13H17ClN2O2. The van der Waals surface area contributed by atoms with Crippen molar-refractivity contribution in [3.8, 4) is 0 Å². The Kier molecular flexibility index (Phi) is 3.76. The summed E-state index contributed by atoms with van der Waals surface area (Å²) in [5, 5.41) is 11.4. The Morgan fingerprint density at radius 1 is 1.50 bits per heavy atom. The topological polar surface area (TPSA) is 46.4 Å². The zero-order chi connectivity index (χ0) is 13.3. The summed E-state index contributed by atoms with van der Waals surface area (Å²) in [5.41, 5.74) is 0.690. The van der Waals surface area contributed by atoms with E-state index >= 15 is 0 Å². The van der Waals surface area contributed by atoms with E-state index in [9.17, 15) is 10.1 Å². The summed E-state index contributed by atoms with van der Waals surface area (Å²) in [7, 11) is 0. The number of rotatable bonds is 3. The lowest BCUT2D eigenvalue weighted by Crippen LogP contribution is -2.34. The molecule has 0 aliphatic carbocycles. The smallest absolute Gasteiger partial charge is 0.310 e. The summed E-state index contributed by atoms with van der Waals surface area (Å²) in [6.45, 7) is 4.23. The Balaban J connectivity index is 2.50. The molecule has 1 aromatic carbocycles. The molecule has 1 fully saturated rings. The maximum Gasteiger partial charge on any atom is 0.310 e. The van der Waals surface area contributed by atoms with Crippen molar-refractivity contribution in [1.29, 1.82) is 0 Å². The van der Waals surface area contributed by atoms with Gasteiger partial charge in [0.2, 0.25) is 0 Å². The van der Waals surface area contributed by atoms with Gasteiger partial charge in [0.15, 0.2) is 0 Å². The number of halogens is 1. The van der Waals surface area contributed by atoms with Crippen LogP contribution in [0.25, 0.3) is 0 Å². The first-order valence-electron chi connectivity index (χ1n) is 6.27. The fraction of sp³-hybridized carbons (Fsp3) is 0.538. The minimum atomic E-state index is -0.380. The summed E-state index contributed by atoms with van der Waals surface area (Å²) >= 11 is 5.97. The van der Waals surface area contributed by atoms with Gasteiger partial charge in [-0.1, -0.05) is 24.6 Å². The first-order chi connectivity index (χ1) is 8.56. The van der Waals surface area contributed by atoms with E-state index in [4.69, 9.17) is 11.6 Å². The zero-order valence-corrected chi connectivity index (χ0v) is 11.4. The number of nitro groups is 1. The molecule has 5 heteroatoms. The molecule has 2 rings (SSSR count). The molecule has 98 valence electrons. The molecule has 2 atom stereocenters. The molecule has 0 aromatic heterocycles. The molecular weight excluding hydrogens is 252 g/mol. The third-order valence-corrected chi connectivity index (χ3v) is 3.99. The molecule has 18 heavy (non-hydrogen) atoms. The highest BCUT2D eigenvalue weighted by Crippen LogP contribution is 2.40. The predicted octanol–water partition coefficient (Wildman–Crippen LogP) is 4.02. The van der Waals surface area contributed by atoms with Gasteiger partial charge >= 0.3 is 5.69 Å². The van der Waals surface area contributed by atoms with Gasteiger partial charge in [-0.05, 0) is 38.3 Å². The monoisotopic (exact) mass is 268 g/mol. The van der Waals surface area contributed by atoms with Gasteiger partial charge in [0.05, 0.1) is 4.92 Å². The predicted molar refractivity (Wildman–Crippen MR) is 73.4 cm³/mol. The lowest BCUT2D eigenvalue weighted by atomic mass is 10.1. The maximum absolute atomic E-state index is 11.2. The van der Waals surface area contributed by atoms with Crippen LogP contribution in [0.1, 0.15) is 33.1 Å². The summed E-state index contributed by atoms with van der Waals surface area (Å²) < 4.78 is 0. The second kappa shape index (κ2) is 5.14. The summed E-state index contributed by atoms with van der Waals surface area (Å²) in [6.07, 6.45) is 3.15. The van der Waals surface area contributed by atoms with Crippen LogP contribution in [0.4, 0.5) is 11.4 Å². The average molecular weight is 269 g/mol. The first-order valence-corrected chi connectivity index (χ1v) is 6.65. The first kappa shape index (κ1) is 13.1. The Morgan fingerprint density at radius 2 is 2.22 bits per heavy atom. The van der Waals surface area contributed by atoms with Crippen LogP contribution in [0.15, 0.2) is 18.2 Å². The van der Waals surface area contributed by atoms with Crippen LogP contribution in [-0.4, -0.2) is 17.0 Å². The molecule has 0 saturated carbocycles. The molecule has 4 nitrogen and oxygen atoms in total. The fourth-order valence-electron chi connectivity index (χ4n) is 2.80. The molecule has 0 amide bonds. The van der Waals surface area contributed by atoms with E-state index in [0.717, 1.165) is 19.3 Å². The Morgan fingerprint density at radius 3 is 2.83 bits per heavy atom. The summed E-state index contributed by atoms with van der Waals surface area (Å²) in [6, 6.07) is 5.85. The summed E-state index contributed by atoms with van der Waals surface area (Å²) in [5.74, 6) is 0. The van der Waals surface area contributed by atoms with Crippen molar-refractivity contribution in [3.63, 3.8) is 0 Å². The van der Waals surface area contributed by atoms with Crippen LogP contribution in [0.3, 0.4) is 0 Å². The number of anilines is 1. The quantitative estimate of drug-likeness (QED) is 0.614. The van der Waals surface area contributed by atoms with E-state index in [1.54, 1.807) is 18.2 Å². The SMILES string of the molecule is CCC1CCC(C)N1c1cccc(Cl)c1[N+](=O)[O-]. The zero-order valence-electron chi connectivity index (χ0n) is 10.6. The Labute approximate surface area is 112 Å². The highest BCUT2D eigenvalue weighted by Gasteiger charge is 2.34. The second-order valence-electron chi connectivity index (χ2n) is 4.76. The summed E-state index contributed by atoms with van der Waals surface area (Å²) in [4.78, 5) is 13.0. The van der Waals surface area contributed by atoms with E-state index in [1.807, 2.05) is 0 Å². The van der Waals surface area contributed by atoms with Crippen LogP contribution in [0, 0.1) is 10.1 Å². The van der Waals surface area contributed by atoms with Crippen LogP contribution in [0.5, 0.6) is 0 Å². The molecule has 0 radical (unpaired) electrons. The number of hydrogen-bond donors (Lipinski definition) is 0. The maximum atomic E-state index is 11.2. The second-order valence-corrected chi connectivity index (χ2v) is 5.17. The molecule has 2 unspecified atom stereocenters. The van der Waals surface area contributed by atoms with Gasteiger partial charge < -0.3 is 4.90 Å². The van der Waals surface area contributed by atoms with Crippen LogP contribution >= 0.6 is 11.6 Å². The molecule has 1 aromatic rings. The Hall–Kier alpha value is -1.29. The van der Waals surface area contributed by atoms with E-state index < -0.39 is 0 Å². The van der Waals surface area contributed by atoms with Gasteiger partial charge in [-0.25, -0.2) is 0 Å². The van der Waals surface area contributed by atoms with Crippen LogP contribution in [-0.2, 0) is 0 Å². The molecule has 1 heterocycles. The van der Waals surface area contributed by atoms with Crippen LogP contribution < -0.4 is 4.90 Å². The molecule has 1 saturated heterocycles. The average Bonchev–Trinajstić information content (AvgIpc) is 2.69. The van der Waals surface area contributed by atoms with E-state index in [1.165, 1.54) is 0 Å². The lowest BCUT2D eigenvalue weighted by molar-refractivity contribution is -0.384. The normalized spacial score (nSPS) is 23.4. The fourth-order valence-corrected chi connectivity index (χ4v) is 3.04. The van der Waals surface area contributed by atoms with Gasteiger partial charge in [-0.15, -0.1) is 0 Å². The van der Waals surface area contributed by atoms with Gasteiger partial charge in [-0.3, -0.25) is 10.1 Å². The number of benzene rings is 1. The molecule has 1 aliphatic heterocycles. The number of para-hydroxylation sites is 1. The lowest BCUT2D eigenvalue weighted by Gasteiger charge is -2.30. The van der Waals surface area contributed by atoms with Crippen molar-refractivity contribution in [2.75, 3.05) is 4.90 Å². The van der Waals surface area contributed by atoms with E-state index in [2.05, 4.69) is 18.7 Å². The van der Waals surface area contributed by atoms with E-state index in [-0.39, 0.29) is 15.6 Å². The highest BCUT2D eigenvalue weighted by atomic mass is 35.5. The number of nitrogens with zero attached hydrogens (tertiary/aromatic N) is 2. The minimum Gasteiger partial charge on any atom is -0.360 e. The standard InChI is InChI=1S/C13H17ClN2O2/c1-3-10-8-7-9(2)15(10)12-6-4-5-11(14)13(12)16(17)18/h4-6,9-10H,3,7-8H2,1-2H3. The Bertz CT molecular complexity index is 464. The van der Waals surface area contributed by atoms with Crippen molar-refractivity contribution >= 4 is 23.0 Å². The largest absolute Gasteiger partial charge is 0.360 e. The molecule has 1 aliphatic rings. The highest BCUT2D eigenvalue weighted by molar-refractivity contribution is 6.33. The van der Waals surface area contributed by atoms with Gasteiger partial charge in [0, 0.05) is 12.1 Å². The third kappa shape index (κ3) is 2.17. The van der Waals surface area contributed by atoms with Crippen molar-refractivity contribution in [2.24, 2.45) is 0 Å². The molecule has 0 N–H and O–H groups in total.